The third-order valence-corrected chi connectivity index (χ3v) is 3.35. The Labute approximate surface area is 119 Å². The van der Waals surface area contributed by atoms with Gasteiger partial charge in [-0.05, 0) is 32.9 Å². The first-order valence-electron chi connectivity index (χ1n) is 6.59. The van der Waals surface area contributed by atoms with E-state index >= 15 is 0 Å². The molecule has 1 fully saturated rings. The van der Waals surface area contributed by atoms with Crippen molar-refractivity contribution in [1.29, 1.82) is 0 Å². The Morgan fingerprint density at radius 2 is 1.79 bits per heavy atom. The minimum absolute atomic E-state index is 0.0449. The molecule has 1 unspecified atom stereocenters. The zero-order valence-electron chi connectivity index (χ0n) is 11.3. The van der Waals surface area contributed by atoms with Crippen LogP contribution in [0.1, 0.15) is 26.2 Å². The van der Waals surface area contributed by atoms with Gasteiger partial charge in [-0.1, -0.05) is 18.6 Å². The molecule has 1 atom stereocenters. The van der Waals surface area contributed by atoms with Crippen LogP contribution in [-0.2, 0) is 9.59 Å². The number of rotatable bonds is 5. The van der Waals surface area contributed by atoms with Gasteiger partial charge >= 0.3 is 11.8 Å². The fourth-order valence-corrected chi connectivity index (χ4v) is 2.13. The fraction of sp³-hybridized carbons (Fsp3) is 0.750. The summed E-state index contributed by atoms with van der Waals surface area (Å²) in [6.45, 7) is 4.69. The molecule has 1 saturated heterocycles. The number of hydrogen-bond acceptors (Lipinski definition) is 4. The van der Waals surface area contributed by atoms with Gasteiger partial charge in [0.1, 0.15) is 0 Å². The Morgan fingerprint density at radius 1 is 1.21 bits per heavy atom. The number of nitrogens with one attached hydrogen (secondary N) is 2. The zero-order valence-corrected chi connectivity index (χ0v) is 12.1. The fourth-order valence-electron chi connectivity index (χ4n) is 2.06. The van der Waals surface area contributed by atoms with Crippen LogP contribution in [0.5, 0.6) is 0 Å². The van der Waals surface area contributed by atoms with Gasteiger partial charge in [0.25, 0.3) is 0 Å². The predicted molar refractivity (Wildman–Crippen MR) is 77.7 cm³/mol. The number of nitrogens with zero attached hydrogens (tertiary/aromatic N) is 1. The number of thiocarbonyl (C=S) groups is 1. The number of carbonyl (C=O) groups is 2. The van der Waals surface area contributed by atoms with E-state index in [9.17, 15) is 9.59 Å². The van der Waals surface area contributed by atoms with Crippen LogP contribution in [0.3, 0.4) is 0 Å². The van der Waals surface area contributed by atoms with Crippen molar-refractivity contribution in [2.24, 2.45) is 5.73 Å². The van der Waals surface area contributed by atoms with Crippen molar-refractivity contribution in [2.45, 2.75) is 32.2 Å². The number of amides is 2. The largest absolute Gasteiger partial charge is 0.392 e. The Hall–Kier alpha value is -1.21. The molecule has 1 rings (SSSR count). The van der Waals surface area contributed by atoms with Crippen molar-refractivity contribution in [3.05, 3.63) is 0 Å². The van der Waals surface area contributed by atoms with E-state index in [1.54, 1.807) is 0 Å². The van der Waals surface area contributed by atoms with E-state index in [-0.39, 0.29) is 17.6 Å². The summed E-state index contributed by atoms with van der Waals surface area (Å²) in [5.74, 6) is -1.33. The third kappa shape index (κ3) is 5.98. The van der Waals surface area contributed by atoms with Crippen molar-refractivity contribution < 1.29 is 9.59 Å². The summed E-state index contributed by atoms with van der Waals surface area (Å²) in [5.41, 5.74) is 5.24. The molecule has 0 aromatic rings. The second kappa shape index (κ2) is 8.06. The van der Waals surface area contributed by atoms with E-state index in [1.165, 1.54) is 19.3 Å². The van der Waals surface area contributed by atoms with Crippen LogP contribution in [0, 0.1) is 0 Å². The van der Waals surface area contributed by atoms with Gasteiger partial charge in [-0.2, -0.15) is 0 Å². The average Bonchev–Trinajstić information content (AvgIpc) is 2.42. The Kier molecular flexibility index (Phi) is 6.72. The number of piperidine rings is 1. The van der Waals surface area contributed by atoms with Crippen molar-refractivity contribution >= 4 is 29.0 Å². The molecule has 0 saturated carbocycles. The van der Waals surface area contributed by atoms with Crippen molar-refractivity contribution in [1.82, 2.24) is 15.5 Å². The van der Waals surface area contributed by atoms with E-state index < -0.39 is 11.8 Å². The normalized spacial score (nSPS) is 17.5. The molecule has 0 radical (unpaired) electrons. The molecule has 2 amide bonds. The van der Waals surface area contributed by atoms with E-state index in [4.69, 9.17) is 5.73 Å². The minimum atomic E-state index is -0.696. The second-order valence-electron chi connectivity index (χ2n) is 4.80. The smallest absolute Gasteiger partial charge is 0.309 e. The highest BCUT2D eigenvalue weighted by atomic mass is 32.1. The zero-order chi connectivity index (χ0) is 14.3. The molecule has 19 heavy (non-hydrogen) atoms. The molecule has 0 aromatic carbocycles. The molecule has 1 aliphatic heterocycles. The van der Waals surface area contributed by atoms with E-state index in [2.05, 4.69) is 34.7 Å². The Bertz CT molecular complexity index is 343. The third-order valence-electron chi connectivity index (χ3n) is 3.20. The quantitative estimate of drug-likeness (QED) is 0.463. The van der Waals surface area contributed by atoms with Crippen LogP contribution in [0.2, 0.25) is 0 Å². The molecule has 1 heterocycles. The molecule has 0 spiro atoms. The van der Waals surface area contributed by atoms with Gasteiger partial charge < -0.3 is 16.4 Å². The lowest BCUT2D eigenvalue weighted by Crippen LogP contribution is -2.48. The molecule has 0 aliphatic carbocycles. The summed E-state index contributed by atoms with van der Waals surface area (Å²) in [4.78, 5) is 25.4. The second-order valence-corrected chi connectivity index (χ2v) is 5.33. The van der Waals surface area contributed by atoms with Gasteiger partial charge in [0.15, 0.2) is 0 Å². The number of carbonyl (C=O) groups excluding carboxylic acids is 2. The first kappa shape index (κ1) is 15.8. The first-order chi connectivity index (χ1) is 9.00. The molecule has 4 N–H and O–H groups in total. The molecular weight excluding hydrogens is 264 g/mol. The minimum Gasteiger partial charge on any atom is -0.392 e. The van der Waals surface area contributed by atoms with E-state index in [0.29, 0.717) is 6.54 Å². The van der Waals surface area contributed by atoms with Gasteiger partial charge in [0.05, 0.1) is 11.5 Å². The highest BCUT2D eigenvalue weighted by molar-refractivity contribution is 7.80. The van der Waals surface area contributed by atoms with Crippen LogP contribution in [0.15, 0.2) is 0 Å². The standard InChI is InChI=1S/C12H22N4O2S/c1-9(16-5-3-2-4-6-16)7-14-11(17)12(18)15-8-10(13)19/h9H,2-8H2,1H3,(H2,13,19)(H,14,17)(H,15,18). The summed E-state index contributed by atoms with van der Waals surface area (Å²) in [6, 6.07) is 0.243. The number of likely N-dealkylation sites (tertiary alicyclic amines) is 1. The van der Waals surface area contributed by atoms with E-state index in [0.717, 1.165) is 13.1 Å². The lowest BCUT2D eigenvalue weighted by atomic mass is 10.1. The maximum Gasteiger partial charge on any atom is 0.309 e. The summed E-state index contributed by atoms with van der Waals surface area (Å²) in [5, 5.41) is 4.98. The lowest BCUT2D eigenvalue weighted by Gasteiger charge is -2.32. The summed E-state index contributed by atoms with van der Waals surface area (Å²) in [6.07, 6.45) is 3.68. The van der Waals surface area contributed by atoms with Gasteiger partial charge in [-0.3, -0.25) is 14.5 Å². The van der Waals surface area contributed by atoms with Crippen LogP contribution >= 0.6 is 12.2 Å². The Morgan fingerprint density at radius 3 is 2.37 bits per heavy atom. The topological polar surface area (TPSA) is 87.5 Å². The lowest BCUT2D eigenvalue weighted by molar-refractivity contribution is -0.139. The number of nitrogens with two attached hydrogens (primary N) is 1. The van der Waals surface area contributed by atoms with Gasteiger partial charge in [0, 0.05) is 12.6 Å². The van der Waals surface area contributed by atoms with Crippen molar-refractivity contribution in [3.8, 4) is 0 Å². The molecule has 1 aliphatic rings. The van der Waals surface area contributed by atoms with Crippen molar-refractivity contribution in [2.75, 3.05) is 26.2 Å². The highest BCUT2D eigenvalue weighted by Crippen LogP contribution is 2.11. The number of hydrogen-bond donors (Lipinski definition) is 3. The van der Waals surface area contributed by atoms with Gasteiger partial charge in [0.2, 0.25) is 0 Å². The van der Waals surface area contributed by atoms with Crippen LogP contribution in [-0.4, -0.2) is 53.9 Å². The van der Waals surface area contributed by atoms with Gasteiger partial charge in [-0.25, -0.2) is 0 Å². The maximum absolute atomic E-state index is 11.5. The SMILES string of the molecule is CC(CNC(=O)C(=O)NCC(N)=S)N1CCCCC1. The average molecular weight is 286 g/mol. The summed E-state index contributed by atoms with van der Waals surface area (Å²) in [7, 11) is 0. The van der Waals surface area contributed by atoms with Gasteiger partial charge in [-0.15, -0.1) is 0 Å². The van der Waals surface area contributed by atoms with Crippen LogP contribution < -0.4 is 16.4 Å². The summed E-state index contributed by atoms with van der Waals surface area (Å²) < 4.78 is 0. The molecule has 108 valence electrons. The molecule has 0 bridgehead atoms. The Balaban J connectivity index is 2.24. The van der Waals surface area contributed by atoms with Crippen LogP contribution in [0.25, 0.3) is 0 Å². The molecule has 7 heteroatoms. The molecule has 0 aromatic heterocycles. The first-order valence-corrected chi connectivity index (χ1v) is 7.00. The highest BCUT2D eigenvalue weighted by Gasteiger charge is 2.19. The predicted octanol–water partition coefficient (Wildman–Crippen LogP) is -0.621. The van der Waals surface area contributed by atoms with Crippen molar-refractivity contribution in [3.63, 3.8) is 0 Å². The molecular formula is C12H22N4O2S. The van der Waals surface area contributed by atoms with Crippen LogP contribution in [0.4, 0.5) is 0 Å². The van der Waals surface area contributed by atoms with E-state index in [1.807, 2.05) is 0 Å². The maximum atomic E-state index is 11.5. The molecule has 6 nitrogen and oxygen atoms in total. The summed E-state index contributed by atoms with van der Waals surface area (Å²) >= 11 is 4.62. The monoisotopic (exact) mass is 286 g/mol.